The number of hydrogen-bond donors (Lipinski definition) is 0. The van der Waals surface area contributed by atoms with E-state index in [1.165, 1.54) is 18.2 Å². The van der Waals surface area contributed by atoms with Crippen molar-refractivity contribution in [3.8, 4) is 6.01 Å². The monoisotopic (exact) mass is 603 g/mol. The minimum absolute atomic E-state index is 0.116. The minimum Gasteiger partial charge on any atom is -0.458 e. The van der Waals surface area contributed by atoms with Crippen molar-refractivity contribution in [1.29, 1.82) is 0 Å². The van der Waals surface area contributed by atoms with E-state index in [9.17, 15) is 9.18 Å². The van der Waals surface area contributed by atoms with Crippen LogP contribution in [0.4, 0.5) is 20.3 Å². The molecule has 3 aliphatic rings. The first-order valence-corrected chi connectivity index (χ1v) is 15.0. The first-order valence-electron chi connectivity index (χ1n) is 15.0. The summed E-state index contributed by atoms with van der Waals surface area (Å²) in [6.45, 7) is 11.5. The van der Waals surface area contributed by atoms with E-state index in [2.05, 4.69) is 19.6 Å². The maximum Gasteiger partial charge on any atom is 0.319 e. The Hall–Kier alpha value is -4.37. The zero-order valence-corrected chi connectivity index (χ0v) is 24.7. The first kappa shape index (κ1) is 29.7. The maximum absolute atomic E-state index is 15.0. The molecule has 44 heavy (non-hydrogen) atoms. The number of fused-ring (bicyclic) bond motifs is 2. The molecular weight excluding hydrogens is 568 g/mol. The van der Waals surface area contributed by atoms with Crippen LogP contribution in [0.15, 0.2) is 42.7 Å². The van der Waals surface area contributed by atoms with Crippen LogP contribution >= 0.6 is 0 Å². The van der Waals surface area contributed by atoms with Gasteiger partial charge < -0.3 is 29.0 Å². The average Bonchev–Trinajstić information content (AvgIpc) is 3.87. The fourth-order valence-corrected chi connectivity index (χ4v) is 5.88. The summed E-state index contributed by atoms with van der Waals surface area (Å²) in [5.74, 6) is 0.103. The zero-order valence-electron chi connectivity index (χ0n) is 24.7. The number of rotatable bonds is 10. The van der Waals surface area contributed by atoms with Crippen LogP contribution in [0, 0.1) is 12.4 Å². The molecule has 2 aromatic heterocycles. The second kappa shape index (κ2) is 13.1. The number of hydrogen-bond acceptors (Lipinski definition) is 8. The SMILES string of the molecule is [C-]#[N+]C[C@H]1CN(c2nc(O[C@H](C)COC3CC3)nc3c2CCN(c2cncc4cccc(F)c24)C3)CCN1C(=O)/C=C/CF. The van der Waals surface area contributed by atoms with Crippen LogP contribution in [0.2, 0.25) is 0 Å². The molecule has 1 aliphatic carbocycles. The number of anilines is 2. The van der Waals surface area contributed by atoms with Crippen LogP contribution in [0.5, 0.6) is 6.01 Å². The number of halogens is 2. The highest BCUT2D eigenvalue weighted by molar-refractivity contribution is 5.94. The molecule has 0 spiro atoms. The van der Waals surface area contributed by atoms with Gasteiger partial charge in [-0.2, -0.15) is 9.97 Å². The van der Waals surface area contributed by atoms with Gasteiger partial charge in [0.25, 0.3) is 0 Å². The molecule has 10 nitrogen and oxygen atoms in total. The van der Waals surface area contributed by atoms with Crippen molar-refractivity contribution in [3.63, 3.8) is 0 Å². The number of alkyl halides is 1. The molecule has 0 N–H and O–H groups in total. The standard InChI is InChI=1S/C32H35F2N7O3/c1-21(20-43-24-8-9-24)44-32-37-27-19-39(28-17-36-15-22-5-3-6-26(34)30(22)28)12-10-25(27)31(38-32)40-13-14-41(23(18-40)16-35-2)29(42)7-4-11-33/h3-7,15,17,21,23-24H,8-14,16,18-20H2,1H3/b7-4+/t21-,23+/m1/s1. The van der Waals surface area contributed by atoms with E-state index < -0.39 is 6.67 Å². The molecule has 0 unspecified atom stereocenters. The zero-order chi connectivity index (χ0) is 30.6. The Bertz CT molecular complexity index is 1590. The predicted molar refractivity (Wildman–Crippen MR) is 162 cm³/mol. The lowest BCUT2D eigenvalue weighted by atomic mass is 10.0. The van der Waals surface area contributed by atoms with Crippen LogP contribution in [0.1, 0.15) is 31.0 Å². The number of nitrogens with zero attached hydrogens (tertiary/aromatic N) is 7. The number of carbonyl (C=O) groups is 1. The Morgan fingerprint density at radius 2 is 2.07 bits per heavy atom. The maximum atomic E-state index is 15.0. The lowest BCUT2D eigenvalue weighted by molar-refractivity contribution is -0.128. The van der Waals surface area contributed by atoms with E-state index in [1.54, 1.807) is 23.4 Å². The summed E-state index contributed by atoms with van der Waals surface area (Å²) < 4.78 is 39.7. The van der Waals surface area contributed by atoms with E-state index in [-0.39, 0.29) is 36.4 Å². The molecule has 1 aromatic carbocycles. The molecule has 4 heterocycles. The Labute approximate surface area is 255 Å². The fourth-order valence-electron chi connectivity index (χ4n) is 5.88. The largest absolute Gasteiger partial charge is 0.458 e. The summed E-state index contributed by atoms with van der Waals surface area (Å²) in [6, 6.07) is 4.82. The highest BCUT2D eigenvalue weighted by Gasteiger charge is 2.35. The van der Waals surface area contributed by atoms with E-state index >= 15 is 4.39 Å². The number of pyridine rings is 1. The van der Waals surface area contributed by atoms with Gasteiger partial charge in [0.1, 0.15) is 30.5 Å². The number of amides is 1. The van der Waals surface area contributed by atoms with Crippen molar-refractivity contribution in [3.05, 3.63) is 71.2 Å². The van der Waals surface area contributed by atoms with Crippen molar-refractivity contribution in [2.75, 3.05) is 55.8 Å². The van der Waals surface area contributed by atoms with Crippen LogP contribution in [-0.4, -0.2) is 90.0 Å². The van der Waals surface area contributed by atoms with Gasteiger partial charge in [0.05, 0.1) is 36.8 Å². The van der Waals surface area contributed by atoms with Crippen molar-refractivity contribution in [2.45, 2.75) is 51.0 Å². The lowest BCUT2D eigenvalue weighted by Gasteiger charge is -2.41. The van der Waals surface area contributed by atoms with Gasteiger partial charge in [0.15, 0.2) is 0 Å². The second-order valence-electron chi connectivity index (χ2n) is 11.4. The number of ether oxygens (including phenoxy) is 2. The van der Waals surface area contributed by atoms with Crippen LogP contribution in [0.25, 0.3) is 15.6 Å². The van der Waals surface area contributed by atoms with Crippen molar-refractivity contribution < 1.29 is 23.0 Å². The van der Waals surface area contributed by atoms with Gasteiger partial charge in [-0.3, -0.25) is 9.78 Å². The molecule has 6 rings (SSSR count). The number of benzene rings is 1. The molecule has 2 fully saturated rings. The number of allylic oxidation sites excluding steroid dienone is 1. The molecule has 12 heteroatoms. The molecule has 230 valence electrons. The molecule has 2 atom stereocenters. The molecule has 2 aliphatic heterocycles. The van der Waals surface area contributed by atoms with Crippen molar-refractivity contribution in [2.24, 2.45) is 0 Å². The topological polar surface area (TPSA) is 88.3 Å². The first-order chi connectivity index (χ1) is 21.4. The van der Waals surface area contributed by atoms with Crippen molar-refractivity contribution in [1.82, 2.24) is 19.9 Å². The Morgan fingerprint density at radius 1 is 1.20 bits per heavy atom. The Morgan fingerprint density at radius 3 is 2.86 bits per heavy atom. The summed E-state index contributed by atoms with van der Waals surface area (Å²) in [4.78, 5) is 36.2. The molecule has 0 bridgehead atoms. The van der Waals surface area contributed by atoms with E-state index in [0.717, 1.165) is 29.5 Å². The fraction of sp³-hybridized carbons (Fsp3) is 0.469. The summed E-state index contributed by atoms with van der Waals surface area (Å²) in [5, 5.41) is 1.25. The normalized spacial score (nSPS) is 19.2. The third-order valence-corrected chi connectivity index (χ3v) is 8.19. The number of piperazine rings is 1. The molecule has 0 radical (unpaired) electrons. The van der Waals surface area contributed by atoms with Gasteiger partial charge in [-0.25, -0.2) is 15.4 Å². The summed E-state index contributed by atoms with van der Waals surface area (Å²) >= 11 is 0. The molecule has 1 saturated carbocycles. The molecule has 1 amide bonds. The van der Waals surface area contributed by atoms with Gasteiger partial charge in [0.2, 0.25) is 12.5 Å². The van der Waals surface area contributed by atoms with E-state index in [1.807, 2.05) is 13.0 Å². The van der Waals surface area contributed by atoms with E-state index in [0.29, 0.717) is 68.7 Å². The predicted octanol–water partition coefficient (Wildman–Crippen LogP) is 4.14. The van der Waals surface area contributed by atoms with Crippen LogP contribution < -0.4 is 14.5 Å². The number of carbonyl (C=O) groups excluding carboxylic acids is 1. The van der Waals surface area contributed by atoms with Gasteiger partial charge in [-0.15, -0.1) is 0 Å². The number of aromatic nitrogens is 3. The van der Waals surface area contributed by atoms with Crippen molar-refractivity contribution >= 4 is 28.2 Å². The van der Waals surface area contributed by atoms with Crippen LogP contribution in [0.3, 0.4) is 0 Å². The van der Waals surface area contributed by atoms with Gasteiger partial charge in [0, 0.05) is 54.8 Å². The van der Waals surface area contributed by atoms with Gasteiger partial charge in [-0.1, -0.05) is 12.1 Å². The Balaban J connectivity index is 1.31. The molecule has 3 aromatic rings. The van der Waals surface area contributed by atoms with E-state index in [4.69, 9.17) is 26.0 Å². The summed E-state index contributed by atoms with van der Waals surface area (Å²) in [6.07, 6.45) is 8.52. The van der Waals surface area contributed by atoms with Gasteiger partial charge >= 0.3 is 6.01 Å². The third kappa shape index (κ3) is 6.43. The van der Waals surface area contributed by atoms with Crippen LogP contribution in [-0.2, 0) is 22.5 Å². The average molecular weight is 604 g/mol. The minimum atomic E-state index is -0.725. The lowest BCUT2D eigenvalue weighted by Crippen LogP contribution is -2.56. The quantitative estimate of drug-likeness (QED) is 0.253. The Kier molecular flexibility index (Phi) is 8.84. The highest BCUT2D eigenvalue weighted by Crippen LogP contribution is 2.35. The smallest absolute Gasteiger partial charge is 0.319 e. The second-order valence-corrected chi connectivity index (χ2v) is 11.4. The third-order valence-electron chi connectivity index (χ3n) is 8.19. The molecule has 1 saturated heterocycles. The summed E-state index contributed by atoms with van der Waals surface area (Å²) in [7, 11) is 0. The molecular formula is C32H35F2N7O3. The summed E-state index contributed by atoms with van der Waals surface area (Å²) in [5.41, 5.74) is 2.43. The highest BCUT2D eigenvalue weighted by atomic mass is 19.1. The van der Waals surface area contributed by atoms with Gasteiger partial charge in [-0.05, 0) is 38.3 Å².